The summed E-state index contributed by atoms with van der Waals surface area (Å²) in [5.74, 6) is -6.07. The molecule has 0 atom stereocenters. The topological polar surface area (TPSA) is 17.1 Å². The van der Waals surface area contributed by atoms with E-state index in [2.05, 4.69) is 0 Å². The predicted octanol–water partition coefficient (Wildman–Crippen LogP) is 3.71. The summed E-state index contributed by atoms with van der Waals surface area (Å²) in [5, 5.41) is 0.0591. The number of alkyl halides is 2. The van der Waals surface area contributed by atoms with Crippen molar-refractivity contribution in [2.24, 2.45) is 0 Å². The molecule has 0 saturated carbocycles. The van der Waals surface area contributed by atoms with Crippen molar-refractivity contribution in [3.8, 4) is 0 Å². The molecule has 1 aromatic rings. The maximum atomic E-state index is 13.1. The molecule has 0 N–H and O–H groups in total. The third kappa shape index (κ3) is 2.50. The molecule has 82 valence electrons. The molecule has 0 unspecified atom stereocenters. The highest BCUT2D eigenvalue weighted by atomic mass is 35.5. The van der Waals surface area contributed by atoms with Gasteiger partial charge in [-0.2, -0.15) is 8.78 Å². The molecule has 0 heterocycles. The standard InChI is InChI=1S/C10H8ClF3O/c1-2-10(13,14)9(15)7-4-3-6(11)5-8(7)12/h3-5H,2H2,1H3. The van der Waals surface area contributed by atoms with Crippen LogP contribution in [0.25, 0.3) is 0 Å². The van der Waals surface area contributed by atoms with Gasteiger partial charge >= 0.3 is 5.92 Å². The Hall–Kier alpha value is -1.03. The molecule has 0 saturated heterocycles. The molecule has 5 heteroatoms. The Bertz CT molecular complexity index is 390. The zero-order valence-corrected chi connectivity index (χ0v) is 8.62. The molecule has 0 aliphatic rings. The van der Waals surface area contributed by atoms with Gasteiger partial charge in [0.1, 0.15) is 5.82 Å². The third-order valence-corrected chi connectivity index (χ3v) is 2.19. The lowest BCUT2D eigenvalue weighted by atomic mass is 10.0. The first-order chi connectivity index (χ1) is 6.88. The van der Waals surface area contributed by atoms with Crippen LogP contribution < -0.4 is 0 Å². The molecule has 0 bridgehead atoms. The number of Topliss-reactive ketones (excluding diaryl/α,β-unsaturated/α-hetero) is 1. The Labute approximate surface area is 89.9 Å². The Morgan fingerprint density at radius 2 is 2.07 bits per heavy atom. The molecule has 0 aliphatic heterocycles. The van der Waals surface area contributed by atoms with E-state index in [-0.39, 0.29) is 5.02 Å². The number of carbonyl (C=O) groups excluding carboxylic acids is 1. The molecule has 0 radical (unpaired) electrons. The highest BCUT2D eigenvalue weighted by Crippen LogP contribution is 2.26. The minimum absolute atomic E-state index is 0.0591. The summed E-state index contributed by atoms with van der Waals surface area (Å²) in [6, 6.07) is 2.99. The van der Waals surface area contributed by atoms with Crippen LogP contribution in [0.2, 0.25) is 5.02 Å². The minimum atomic E-state index is -3.53. The number of ketones is 1. The van der Waals surface area contributed by atoms with Crippen LogP contribution in [0.15, 0.2) is 18.2 Å². The van der Waals surface area contributed by atoms with Crippen LogP contribution in [0, 0.1) is 5.82 Å². The van der Waals surface area contributed by atoms with Crippen molar-refractivity contribution in [1.29, 1.82) is 0 Å². The molecule has 0 spiro atoms. The quantitative estimate of drug-likeness (QED) is 0.732. The first kappa shape index (κ1) is 12.0. The van der Waals surface area contributed by atoms with Crippen LogP contribution >= 0.6 is 11.6 Å². The maximum Gasteiger partial charge on any atom is 0.309 e. The van der Waals surface area contributed by atoms with Crippen LogP contribution in [-0.2, 0) is 0 Å². The third-order valence-electron chi connectivity index (χ3n) is 1.95. The second-order valence-corrected chi connectivity index (χ2v) is 3.45. The van der Waals surface area contributed by atoms with E-state index in [0.29, 0.717) is 0 Å². The van der Waals surface area contributed by atoms with Gasteiger partial charge in [0.2, 0.25) is 5.78 Å². The molecule has 0 aliphatic carbocycles. The van der Waals surface area contributed by atoms with Gasteiger partial charge in [-0.1, -0.05) is 18.5 Å². The van der Waals surface area contributed by atoms with E-state index in [9.17, 15) is 18.0 Å². The normalized spacial score (nSPS) is 11.5. The van der Waals surface area contributed by atoms with E-state index in [4.69, 9.17) is 11.6 Å². The van der Waals surface area contributed by atoms with Gasteiger partial charge in [-0.15, -0.1) is 0 Å². The molecule has 0 fully saturated rings. The van der Waals surface area contributed by atoms with Gasteiger partial charge in [0.25, 0.3) is 0 Å². The van der Waals surface area contributed by atoms with Crippen LogP contribution in [0.5, 0.6) is 0 Å². The van der Waals surface area contributed by atoms with Crippen molar-refractivity contribution in [2.75, 3.05) is 0 Å². The van der Waals surface area contributed by atoms with Crippen LogP contribution in [0.4, 0.5) is 13.2 Å². The average Bonchev–Trinajstić information content (AvgIpc) is 2.17. The first-order valence-electron chi connectivity index (χ1n) is 4.26. The Morgan fingerprint density at radius 1 is 1.47 bits per heavy atom. The highest BCUT2D eigenvalue weighted by Gasteiger charge is 2.38. The monoisotopic (exact) mass is 236 g/mol. The smallest absolute Gasteiger partial charge is 0.287 e. The summed E-state index contributed by atoms with van der Waals surface area (Å²) in [6.45, 7) is 1.16. The van der Waals surface area contributed by atoms with E-state index in [1.165, 1.54) is 6.07 Å². The molecule has 1 nitrogen and oxygen atoms in total. The number of benzene rings is 1. The number of rotatable bonds is 3. The van der Waals surface area contributed by atoms with Crippen LogP contribution in [-0.4, -0.2) is 11.7 Å². The Balaban J connectivity index is 3.12. The van der Waals surface area contributed by atoms with Crippen molar-refractivity contribution in [2.45, 2.75) is 19.3 Å². The van der Waals surface area contributed by atoms with Gasteiger partial charge in [0.15, 0.2) is 0 Å². The molecule has 0 aromatic heterocycles. The van der Waals surface area contributed by atoms with Crippen molar-refractivity contribution in [3.05, 3.63) is 34.6 Å². The van der Waals surface area contributed by atoms with E-state index in [1.54, 1.807) is 0 Å². The SMILES string of the molecule is CCC(F)(F)C(=O)c1ccc(Cl)cc1F. The summed E-state index contributed by atoms with van der Waals surface area (Å²) >= 11 is 5.43. The minimum Gasteiger partial charge on any atom is -0.287 e. The highest BCUT2D eigenvalue weighted by molar-refractivity contribution is 6.30. The number of halogens is 4. The van der Waals surface area contributed by atoms with Gasteiger partial charge in [-0.25, -0.2) is 4.39 Å². The average molecular weight is 237 g/mol. The van der Waals surface area contributed by atoms with E-state index in [1.807, 2.05) is 0 Å². The zero-order valence-electron chi connectivity index (χ0n) is 7.86. The van der Waals surface area contributed by atoms with Gasteiger partial charge in [-0.05, 0) is 18.2 Å². The van der Waals surface area contributed by atoms with Crippen LogP contribution in [0.3, 0.4) is 0 Å². The second-order valence-electron chi connectivity index (χ2n) is 3.01. The summed E-state index contributed by atoms with van der Waals surface area (Å²) in [7, 11) is 0. The Morgan fingerprint density at radius 3 is 2.53 bits per heavy atom. The predicted molar refractivity (Wildman–Crippen MR) is 51.0 cm³/mol. The second kappa shape index (κ2) is 4.23. The zero-order chi connectivity index (χ0) is 11.6. The van der Waals surface area contributed by atoms with Crippen molar-refractivity contribution < 1.29 is 18.0 Å². The van der Waals surface area contributed by atoms with Crippen molar-refractivity contribution in [3.63, 3.8) is 0 Å². The lowest BCUT2D eigenvalue weighted by Gasteiger charge is -2.12. The lowest BCUT2D eigenvalue weighted by Crippen LogP contribution is -2.28. The fourth-order valence-electron chi connectivity index (χ4n) is 1.03. The van der Waals surface area contributed by atoms with Gasteiger partial charge in [0, 0.05) is 11.4 Å². The lowest BCUT2D eigenvalue weighted by molar-refractivity contribution is 0.00766. The maximum absolute atomic E-state index is 13.1. The molecule has 1 aromatic carbocycles. The van der Waals surface area contributed by atoms with Crippen molar-refractivity contribution >= 4 is 17.4 Å². The first-order valence-corrected chi connectivity index (χ1v) is 4.64. The van der Waals surface area contributed by atoms with E-state index >= 15 is 0 Å². The largest absolute Gasteiger partial charge is 0.309 e. The van der Waals surface area contributed by atoms with Gasteiger partial charge in [0.05, 0.1) is 5.56 Å². The van der Waals surface area contributed by atoms with E-state index in [0.717, 1.165) is 19.1 Å². The fraction of sp³-hybridized carbons (Fsp3) is 0.300. The molecule has 1 rings (SSSR count). The molecular weight excluding hydrogens is 229 g/mol. The van der Waals surface area contributed by atoms with Crippen molar-refractivity contribution in [1.82, 2.24) is 0 Å². The summed E-state index contributed by atoms with van der Waals surface area (Å²) in [5.41, 5.74) is -0.633. The number of carbonyl (C=O) groups is 1. The number of hydrogen-bond acceptors (Lipinski definition) is 1. The Kier molecular flexibility index (Phi) is 3.39. The van der Waals surface area contributed by atoms with Gasteiger partial charge in [-0.3, -0.25) is 4.79 Å². The summed E-state index contributed by atoms with van der Waals surface area (Å²) in [6.07, 6.45) is -0.659. The molecule has 0 amide bonds. The molecular formula is C10H8ClF3O. The van der Waals surface area contributed by atoms with Gasteiger partial charge < -0.3 is 0 Å². The molecule has 15 heavy (non-hydrogen) atoms. The van der Waals surface area contributed by atoms with E-state index < -0.39 is 29.5 Å². The fourth-order valence-corrected chi connectivity index (χ4v) is 1.19. The van der Waals surface area contributed by atoms with Crippen LogP contribution in [0.1, 0.15) is 23.7 Å². The number of hydrogen-bond donors (Lipinski definition) is 0. The summed E-state index contributed by atoms with van der Waals surface area (Å²) in [4.78, 5) is 11.2. The summed E-state index contributed by atoms with van der Waals surface area (Å²) < 4.78 is 39.1.